The van der Waals surface area contributed by atoms with E-state index in [0.29, 0.717) is 28.5 Å². The Balaban J connectivity index is 1.40. The van der Waals surface area contributed by atoms with E-state index in [1.54, 1.807) is 22.5 Å². The number of hydrogen-bond donors (Lipinski definition) is 0. The average molecular weight is 449 g/mol. The zero-order valence-corrected chi connectivity index (χ0v) is 17.8. The smallest absolute Gasteiger partial charge is 0.342 e. The van der Waals surface area contributed by atoms with E-state index < -0.39 is 5.97 Å². The zero-order valence-electron chi connectivity index (χ0n) is 16.2. The highest BCUT2D eigenvalue weighted by Gasteiger charge is 2.20. The van der Waals surface area contributed by atoms with Gasteiger partial charge >= 0.3 is 5.97 Å². The van der Waals surface area contributed by atoms with E-state index in [1.807, 2.05) is 47.8 Å². The van der Waals surface area contributed by atoms with Gasteiger partial charge in [-0.25, -0.2) is 9.78 Å². The third kappa shape index (κ3) is 4.05. The largest absolute Gasteiger partial charge is 0.455 e. The van der Waals surface area contributed by atoms with Crippen LogP contribution in [0.15, 0.2) is 76.5 Å². The number of hydrogen-bond acceptors (Lipinski definition) is 7. The number of ether oxygens (including phenoxy) is 1. The minimum absolute atomic E-state index is 0.0871. The summed E-state index contributed by atoms with van der Waals surface area (Å²) in [4.78, 5) is 30.9. The number of aromatic nitrogens is 4. The van der Waals surface area contributed by atoms with Crippen LogP contribution in [0.1, 0.15) is 21.6 Å². The maximum Gasteiger partial charge on any atom is 0.342 e. The van der Waals surface area contributed by atoms with E-state index in [1.165, 1.54) is 33.1 Å². The molecule has 9 heteroatoms. The van der Waals surface area contributed by atoms with Gasteiger partial charge in [-0.3, -0.25) is 13.9 Å². The number of fused-ring (bicyclic) bond motifs is 1. The molecule has 5 aromatic rings. The molecular formula is C22H16N4O3S2. The fourth-order valence-electron chi connectivity index (χ4n) is 3.20. The fraction of sp³-hybridized carbons (Fsp3) is 0.0909. The van der Waals surface area contributed by atoms with Crippen molar-refractivity contribution in [2.24, 2.45) is 0 Å². The lowest BCUT2D eigenvalue weighted by Gasteiger charge is -2.04. The van der Waals surface area contributed by atoms with Crippen LogP contribution in [0.4, 0.5) is 0 Å². The van der Waals surface area contributed by atoms with Crippen LogP contribution in [-0.4, -0.2) is 25.1 Å². The molecule has 0 amide bonds. The molecule has 5 rings (SSSR count). The molecular weight excluding hydrogens is 432 g/mol. The molecule has 0 saturated heterocycles. The first-order chi connectivity index (χ1) is 15.2. The third-order valence-corrected chi connectivity index (χ3v) is 6.26. The zero-order chi connectivity index (χ0) is 21.2. The molecule has 0 saturated carbocycles. The second-order valence-corrected chi connectivity index (χ2v) is 8.59. The molecule has 0 N–H and O–H groups in total. The van der Waals surface area contributed by atoms with Gasteiger partial charge < -0.3 is 4.74 Å². The van der Waals surface area contributed by atoms with Crippen LogP contribution in [0.5, 0.6) is 0 Å². The van der Waals surface area contributed by atoms with E-state index >= 15 is 0 Å². The standard InChI is InChI=1S/C22H16N4O3S2/c27-19-11-16(23-22-26(19)8-10-31-22)14-29-21(28)17-13-25(12-15-5-2-1-3-6-15)24-20(17)18-7-4-9-30-18/h1-11,13H,12,14H2. The first-order valence-corrected chi connectivity index (χ1v) is 11.2. The van der Waals surface area contributed by atoms with Gasteiger partial charge in [-0.15, -0.1) is 22.7 Å². The highest BCUT2D eigenvalue weighted by Crippen LogP contribution is 2.27. The molecule has 0 unspecified atom stereocenters. The Hall–Kier alpha value is -3.56. The van der Waals surface area contributed by atoms with Gasteiger partial charge in [0.15, 0.2) is 4.96 Å². The van der Waals surface area contributed by atoms with Gasteiger partial charge in [0.05, 0.1) is 17.1 Å². The first-order valence-electron chi connectivity index (χ1n) is 9.45. The lowest BCUT2D eigenvalue weighted by Crippen LogP contribution is -2.14. The van der Waals surface area contributed by atoms with Gasteiger partial charge in [0.25, 0.3) is 5.56 Å². The van der Waals surface area contributed by atoms with E-state index in [0.717, 1.165) is 10.4 Å². The van der Waals surface area contributed by atoms with E-state index in [-0.39, 0.29) is 12.2 Å². The molecule has 4 aromatic heterocycles. The Labute approximate surface area is 184 Å². The van der Waals surface area contributed by atoms with Gasteiger partial charge in [0, 0.05) is 23.8 Å². The normalized spacial score (nSPS) is 11.1. The van der Waals surface area contributed by atoms with Crippen molar-refractivity contribution in [2.75, 3.05) is 0 Å². The number of benzene rings is 1. The Morgan fingerprint density at radius 3 is 2.74 bits per heavy atom. The van der Waals surface area contributed by atoms with Crippen molar-refractivity contribution < 1.29 is 9.53 Å². The molecule has 7 nitrogen and oxygen atoms in total. The third-order valence-electron chi connectivity index (χ3n) is 4.63. The Morgan fingerprint density at radius 1 is 1.06 bits per heavy atom. The Morgan fingerprint density at radius 2 is 1.94 bits per heavy atom. The molecule has 154 valence electrons. The van der Waals surface area contributed by atoms with Crippen LogP contribution >= 0.6 is 22.7 Å². The predicted molar refractivity (Wildman–Crippen MR) is 120 cm³/mol. The molecule has 0 bridgehead atoms. The number of rotatable bonds is 6. The van der Waals surface area contributed by atoms with E-state index in [4.69, 9.17) is 4.74 Å². The van der Waals surface area contributed by atoms with Crippen LogP contribution in [-0.2, 0) is 17.9 Å². The highest BCUT2D eigenvalue weighted by molar-refractivity contribution is 7.15. The molecule has 0 fully saturated rings. The number of nitrogens with zero attached hydrogens (tertiary/aromatic N) is 4. The summed E-state index contributed by atoms with van der Waals surface area (Å²) in [6.07, 6.45) is 3.37. The summed E-state index contributed by atoms with van der Waals surface area (Å²) in [6.45, 7) is 0.454. The summed E-state index contributed by atoms with van der Waals surface area (Å²) in [5.41, 5.74) is 2.25. The number of thiophene rings is 1. The second-order valence-electron chi connectivity index (χ2n) is 6.77. The number of esters is 1. The molecule has 0 aliphatic heterocycles. The predicted octanol–water partition coefficient (Wildman–Crippen LogP) is 4.09. The van der Waals surface area contributed by atoms with Crippen molar-refractivity contribution in [2.45, 2.75) is 13.2 Å². The van der Waals surface area contributed by atoms with Crippen molar-refractivity contribution in [1.29, 1.82) is 0 Å². The van der Waals surface area contributed by atoms with Crippen LogP contribution in [0.2, 0.25) is 0 Å². The van der Waals surface area contributed by atoms with Crippen LogP contribution in [0.25, 0.3) is 15.5 Å². The SMILES string of the molecule is O=C(OCc1cc(=O)n2ccsc2n1)c1cn(Cc2ccccc2)nc1-c1cccs1. The Kier molecular flexibility index (Phi) is 5.19. The van der Waals surface area contributed by atoms with Crippen LogP contribution in [0, 0.1) is 0 Å². The van der Waals surface area contributed by atoms with E-state index in [9.17, 15) is 9.59 Å². The maximum absolute atomic E-state index is 12.9. The average Bonchev–Trinajstić information content (AvgIpc) is 3.53. The van der Waals surface area contributed by atoms with Gasteiger partial charge in [0.2, 0.25) is 0 Å². The summed E-state index contributed by atoms with van der Waals surface area (Å²) in [7, 11) is 0. The lowest BCUT2D eigenvalue weighted by molar-refractivity contribution is 0.0468. The molecule has 0 aliphatic carbocycles. The van der Waals surface area contributed by atoms with Gasteiger partial charge in [-0.05, 0) is 17.0 Å². The quantitative estimate of drug-likeness (QED) is 0.366. The summed E-state index contributed by atoms with van der Waals surface area (Å²) >= 11 is 2.86. The van der Waals surface area contributed by atoms with Gasteiger partial charge in [0.1, 0.15) is 17.9 Å². The molecule has 0 spiro atoms. The molecule has 1 aromatic carbocycles. The molecule has 0 aliphatic rings. The number of carbonyl (C=O) groups is 1. The monoisotopic (exact) mass is 448 g/mol. The van der Waals surface area contributed by atoms with E-state index in [2.05, 4.69) is 10.1 Å². The fourth-order valence-corrected chi connectivity index (χ4v) is 4.66. The minimum Gasteiger partial charge on any atom is -0.455 e. The van der Waals surface area contributed by atoms with Crippen LogP contribution in [0.3, 0.4) is 0 Å². The van der Waals surface area contributed by atoms with Crippen molar-refractivity contribution in [3.8, 4) is 10.6 Å². The number of carbonyl (C=O) groups excluding carboxylic acids is 1. The first kappa shape index (κ1) is 19.4. The summed E-state index contributed by atoms with van der Waals surface area (Å²) in [5.74, 6) is -0.504. The van der Waals surface area contributed by atoms with Gasteiger partial charge in [-0.1, -0.05) is 36.4 Å². The summed E-state index contributed by atoms with van der Waals surface area (Å²) in [5, 5.41) is 8.36. The molecule has 4 heterocycles. The highest BCUT2D eigenvalue weighted by atomic mass is 32.1. The molecule has 0 radical (unpaired) electrons. The van der Waals surface area contributed by atoms with Crippen molar-refractivity contribution in [3.63, 3.8) is 0 Å². The summed E-state index contributed by atoms with van der Waals surface area (Å²) < 4.78 is 8.70. The Bertz CT molecular complexity index is 1400. The minimum atomic E-state index is -0.504. The van der Waals surface area contributed by atoms with Gasteiger partial charge in [-0.2, -0.15) is 5.10 Å². The van der Waals surface area contributed by atoms with Crippen LogP contribution < -0.4 is 5.56 Å². The number of thiazole rings is 1. The maximum atomic E-state index is 12.9. The van der Waals surface area contributed by atoms with Crippen molar-refractivity contribution in [3.05, 3.63) is 98.9 Å². The second kappa shape index (κ2) is 8.29. The summed E-state index contributed by atoms with van der Waals surface area (Å²) in [6, 6.07) is 15.1. The molecule has 31 heavy (non-hydrogen) atoms. The van der Waals surface area contributed by atoms with Crippen molar-refractivity contribution >= 4 is 33.6 Å². The lowest BCUT2D eigenvalue weighted by atomic mass is 10.2. The molecule has 0 atom stereocenters. The topological polar surface area (TPSA) is 78.5 Å². The van der Waals surface area contributed by atoms with Crippen molar-refractivity contribution in [1.82, 2.24) is 19.2 Å².